The van der Waals surface area contributed by atoms with Gasteiger partial charge in [-0.1, -0.05) is 0 Å². The molecule has 0 N–H and O–H groups in total. The molecule has 0 spiro atoms. The average Bonchev–Trinajstić information content (AvgIpc) is 2.87. The summed E-state index contributed by atoms with van der Waals surface area (Å²) in [6.45, 7) is 8.41. The minimum atomic E-state index is 0.0984. The fourth-order valence-electron chi connectivity index (χ4n) is 2.54. The minimum Gasteiger partial charge on any atom is -0.354 e. The Hall–Kier alpha value is -1.33. The largest absolute Gasteiger partial charge is 0.354 e. The lowest BCUT2D eigenvalue weighted by atomic mass is 10.1. The van der Waals surface area contributed by atoms with Crippen LogP contribution in [-0.2, 0) is 16.1 Å². The smallest absolute Gasteiger partial charge is 0.303 e. The van der Waals surface area contributed by atoms with E-state index in [1.165, 1.54) is 11.4 Å². The Bertz CT molecular complexity index is 523. The quantitative estimate of drug-likeness (QED) is 0.549. The maximum atomic E-state index is 12.0. The summed E-state index contributed by atoms with van der Waals surface area (Å²) in [5, 5.41) is 1.93. The molecule has 0 aromatic carbocycles. The van der Waals surface area contributed by atoms with Gasteiger partial charge >= 0.3 is 4.86 Å². The number of nitrogens with zero attached hydrogens (tertiary/aromatic N) is 3. The Labute approximate surface area is 117 Å². The van der Waals surface area contributed by atoms with E-state index in [4.69, 9.17) is 0 Å². The molecule has 0 bridgehead atoms. The summed E-state index contributed by atoms with van der Waals surface area (Å²) in [5.74, 6) is 0.931. The van der Waals surface area contributed by atoms with Crippen molar-refractivity contribution in [3.8, 4) is 0 Å². The summed E-state index contributed by atoms with van der Waals surface area (Å²) >= 11 is 1.47. The molecule has 3 aliphatic rings. The van der Waals surface area contributed by atoms with Crippen LogP contribution in [0, 0.1) is 0 Å². The van der Waals surface area contributed by atoms with Crippen LogP contribution in [-0.4, -0.2) is 58.4 Å². The molecule has 0 aliphatic carbocycles. The Morgan fingerprint density at radius 1 is 1.26 bits per heavy atom. The lowest BCUT2D eigenvalue weighted by Crippen LogP contribution is -2.48. The number of hydrogen-bond donors (Lipinski definition) is 0. The zero-order valence-electron chi connectivity index (χ0n) is 11.3. The molecule has 0 amide bonds. The molecule has 4 nitrogen and oxygen atoms in total. The Morgan fingerprint density at radius 3 is 2.68 bits per heavy atom. The Morgan fingerprint density at radius 2 is 2.00 bits per heavy atom. The first-order valence-electron chi connectivity index (χ1n) is 6.69. The number of carbonyl (C=O) groups excluding carboxylic acids is 1. The van der Waals surface area contributed by atoms with E-state index in [1.54, 1.807) is 6.08 Å². The third kappa shape index (κ3) is 2.40. The summed E-state index contributed by atoms with van der Waals surface area (Å²) in [5.41, 5.74) is 0.832. The van der Waals surface area contributed by atoms with Crippen LogP contribution < -0.4 is 0 Å². The molecule has 3 rings (SSSR count). The molecule has 0 radical (unpaired) electrons. The molecule has 0 atom stereocenters. The summed E-state index contributed by atoms with van der Waals surface area (Å²) in [6.07, 6.45) is 3.61. The number of piperazine rings is 1. The first-order valence-corrected chi connectivity index (χ1v) is 7.57. The van der Waals surface area contributed by atoms with Gasteiger partial charge in [0.25, 0.3) is 0 Å². The Kier molecular flexibility index (Phi) is 3.33. The molecule has 3 aliphatic heterocycles. The van der Waals surface area contributed by atoms with Crippen LogP contribution in [0.4, 0.5) is 0 Å². The number of carbonyl (C=O) groups is 1. The molecule has 0 aromatic rings. The fraction of sp³-hybridized carbons (Fsp3) is 0.500. The van der Waals surface area contributed by atoms with Crippen molar-refractivity contribution in [2.24, 2.45) is 4.99 Å². The van der Waals surface area contributed by atoms with E-state index < -0.39 is 0 Å². The van der Waals surface area contributed by atoms with Crippen LogP contribution in [0.2, 0.25) is 0 Å². The number of rotatable bonds is 2. The summed E-state index contributed by atoms with van der Waals surface area (Å²) < 4.78 is 0. The predicted molar refractivity (Wildman–Crippen MR) is 80.3 cm³/mol. The predicted octanol–water partition coefficient (Wildman–Crippen LogP) is 0.660. The van der Waals surface area contributed by atoms with Gasteiger partial charge in [0.15, 0.2) is 5.41 Å². The lowest BCUT2D eigenvalue weighted by molar-refractivity contribution is -0.108. The first-order chi connectivity index (χ1) is 9.15. The van der Waals surface area contributed by atoms with E-state index in [0.29, 0.717) is 6.04 Å². The summed E-state index contributed by atoms with van der Waals surface area (Å²) in [4.78, 5) is 22.1. The van der Waals surface area contributed by atoms with Gasteiger partial charge in [-0.3, -0.25) is 9.69 Å². The second-order valence-electron chi connectivity index (χ2n) is 5.23. The van der Waals surface area contributed by atoms with Crippen LogP contribution in [0.3, 0.4) is 0 Å². The molecular weight excluding hydrogens is 258 g/mol. The first kappa shape index (κ1) is 12.7. The molecular formula is C14H18N3OS+. The summed E-state index contributed by atoms with van der Waals surface area (Å²) in [6, 6.07) is 0.588. The highest BCUT2D eigenvalue weighted by atomic mass is 32.1. The topological polar surface area (TPSA) is 35.9 Å². The number of ketones is 1. The number of fused-ring (bicyclic) bond motifs is 1. The van der Waals surface area contributed by atoms with E-state index in [9.17, 15) is 4.79 Å². The van der Waals surface area contributed by atoms with Crippen LogP contribution in [0.15, 0.2) is 28.4 Å². The van der Waals surface area contributed by atoms with Gasteiger partial charge in [-0.2, -0.15) is 0 Å². The molecule has 0 aromatic heterocycles. The molecule has 5 heteroatoms. The van der Waals surface area contributed by atoms with Crippen molar-refractivity contribution >= 4 is 27.7 Å². The second kappa shape index (κ2) is 4.98. The van der Waals surface area contributed by atoms with Gasteiger partial charge in [-0.25, -0.2) is 4.99 Å². The molecule has 19 heavy (non-hydrogen) atoms. The monoisotopic (exact) mass is 276 g/mol. The third-order valence-corrected chi connectivity index (χ3v) is 4.65. The van der Waals surface area contributed by atoms with Crippen molar-refractivity contribution in [2.75, 3.05) is 26.2 Å². The van der Waals surface area contributed by atoms with E-state index in [1.807, 2.05) is 11.5 Å². The molecule has 0 saturated carbocycles. The Balaban J connectivity index is 1.73. The van der Waals surface area contributed by atoms with Gasteiger partial charge in [0.05, 0.1) is 0 Å². The SMILES string of the molecule is CC(C)N1CCN(C2=CC(=O)C3=[S+]C=CC3=N2)CC1. The number of aliphatic imine (C=N–C) groups is 1. The van der Waals surface area contributed by atoms with Gasteiger partial charge in [-0.05, 0) is 13.8 Å². The van der Waals surface area contributed by atoms with Crippen molar-refractivity contribution in [2.45, 2.75) is 19.9 Å². The maximum Gasteiger partial charge on any atom is 0.303 e. The van der Waals surface area contributed by atoms with Gasteiger partial charge in [-0.15, -0.1) is 0 Å². The van der Waals surface area contributed by atoms with E-state index >= 15 is 0 Å². The van der Waals surface area contributed by atoms with Gasteiger partial charge in [0, 0.05) is 44.4 Å². The molecule has 1 saturated heterocycles. The molecule has 0 unspecified atom stereocenters. The second-order valence-corrected chi connectivity index (χ2v) is 6.15. The van der Waals surface area contributed by atoms with Crippen molar-refractivity contribution in [3.63, 3.8) is 0 Å². The van der Waals surface area contributed by atoms with Crippen LogP contribution in [0.5, 0.6) is 0 Å². The van der Waals surface area contributed by atoms with Gasteiger partial charge in [0.1, 0.15) is 11.5 Å². The molecule has 100 valence electrons. The number of hydrogen-bond acceptors (Lipinski definition) is 4. The average molecular weight is 276 g/mol. The summed E-state index contributed by atoms with van der Waals surface area (Å²) in [7, 11) is 0. The highest BCUT2D eigenvalue weighted by molar-refractivity contribution is 7.86. The van der Waals surface area contributed by atoms with Crippen LogP contribution in [0.25, 0.3) is 0 Å². The van der Waals surface area contributed by atoms with Gasteiger partial charge in [0.2, 0.25) is 17.1 Å². The molecule has 3 heterocycles. The van der Waals surface area contributed by atoms with E-state index in [-0.39, 0.29) is 5.78 Å². The number of allylic oxidation sites excluding steroid dienone is 2. The van der Waals surface area contributed by atoms with Crippen LogP contribution in [0.1, 0.15) is 13.8 Å². The zero-order valence-corrected chi connectivity index (χ0v) is 12.1. The highest BCUT2D eigenvalue weighted by Gasteiger charge is 2.33. The zero-order chi connectivity index (χ0) is 13.4. The van der Waals surface area contributed by atoms with Crippen molar-refractivity contribution < 1.29 is 4.79 Å². The van der Waals surface area contributed by atoms with Crippen molar-refractivity contribution in [1.29, 1.82) is 0 Å². The maximum absolute atomic E-state index is 12.0. The normalized spacial score (nSPS) is 23.4. The van der Waals surface area contributed by atoms with E-state index in [0.717, 1.165) is 42.6 Å². The molecule has 1 fully saturated rings. The van der Waals surface area contributed by atoms with Crippen LogP contribution >= 0.6 is 0 Å². The van der Waals surface area contributed by atoms with E-state index in [2.05, 4.69) is 28.6 Å². The minimum absolute atomic E-state index is 0.0984. The van der Waals surface area contributed by atoms with Gasteiger partial charge < -0.3 is 4.90 Å². The lowest BCUT2D eigenvalue weighted by Gasteiger charge is -2.38. The fourth-order valence-corrected chi connectivity index (χ4v) is 3.29. The van der Waals surface area contributed by atoms with Crippen molar-refractivity contribution in [3.05, 3.63) is 23.4 Å². The highest BCUT2D eigenvalue weighted by Crippen LogP contribution is 2.17. The standard InChI is InChI=1S/C14H18N3OS/c1-10(2)16-4-6-17(7-5-16)13-9-12(18)14-11(15-13)3-8-19-14/h3,8-10H,4-7H2,1-2H3/q+1. The van der Waals surface area contributed by atoms with Crippen molar-refractivity contribution in [1.82, 2.24) is 9.80 Å². The third-order valence-electron chi connectivity index (χ3n) is 3.73.